The van der Waals surface area contributed by atoms with Gasteiger partial charge in [0.1, 0.15) is 4.88 Å². The maximum Gasteiger partial charge on any atom is 0.263 e. The molecule has 3 aromatic rings. The Hall–Kier alpha value is -1.93. The standard InChI is InChI=1S/C17H15ClN2O3S2/c1-10(11-5-4-6-12(9-11)25(19,22)23)20-17(21)16-15(18)13-7-2-3-8-14(13)24-16/h2-10H,1H3,(H,20,21)(H2,19,22,23). The van der Waals surface area contributed by atoms with Crippen molar-refractivity contribution < 1.29 is 13.2 Å². The molecule has 1 heterocycles. The number of benzene rings is 2. The molecule has 0 saturated heterocycles. The van der Waals surface area contributed by atoms with E-state index in [2.05, 4.69) is 5.32 Å². The van der Waals surface area contributed by atoms with Crippen LogP contribution in [-0.2, 0) is 10.0 Å². The number of amides is 1. The Kier molecular flexibility index (Phi) is 4.83. The summed E-state index contributed by atoms with van der Waals surface area (Å²) in [4.78, 5) is 13.0. The molecule has 1 aromatic heterocycles. The van der Waals surface area contributed by atoms with Crippen molar-refractivity contribution in [2.24, 2.45) is 5.14 Å². The summed E-state index contributed by atoms with van der Waals surface area (Å²) < 4.78 is 23.9. The molecule has 8 heteroatoms. The number of rotatable bonds is 4. The smallest absolute Gasteiger partial charge is 0.263 e. The summed E-state index contributed by atoms with van der Waals surface area (Å²) in [5.74, 6) is -0.306. The molecule has 5 nitrogen and oxygen atoms in total. The van der Waals surface area contributed by atoms with Gasteiger partial charge in [0.15, 0.2) is 0 Å². The molecule has 1 amide bonds. The molecular formula is C17H15ClN2O3S2. The van der Waals surface area contributed by atoms with Crippen LogP contribution in [0.15, 0.2) is 53.4 Å². The van der Waals surface area contributed by atoms with Crippen LogP contribution in [0, 0.1) is 0 Å². The molecule has 0 fully saturated rings. The van der Waals surface area contributed by atoms with Gasteiger partial charge < -0.3 is 5.32 Å². The Morgan fingerprint density at radius 3 is 2.60 bits per heavy atom. The van der Waals surface area contributed by atoms with Crippen LogP contribution in [0.5, 0.6) is 0 Å². The summed E-state index contributed by atoms with van der Waals surface area (Å²) in [6.45, 7) is 1.77. The lowest BCUT2D eigenvalue weighted by atomic mass is 10.1. The summed E-state index contributed by atoms with van der Waals surface area (Å²) in [6, 6.07) is 13.3. The molecule has 25 heavy (non-hydrogen) atoms. The van der Waals surface area contributed by atoms with Crippen molar-refractivity contribution in [3.63, 3.8) is 0 Å². The van der Waals surface area contributed by atoms with Gasteiger partial charge in [-0.1, -0.05) is 41.9 Å². The number of nitrogens with one attached hydrogen (secondary N) is 1. The van der Waals surface area contributed by atoms with E-state index in [9.17, 15) is 13.2 Å². The van der Waals surface area contributed by atoms with Crippen LogP contribution < -0.4 is 10.5 Å². The summed E-state index contributed by atoms with van der Waals surface area (Å²) in [6.07, 6.45) is 0. The fourth-order valence-corrected chi connectivity index (χ4v) is 4.46. The number of hydrogen-bond donors (Lipinski definition) is 2. The third-order valence-corrected chi connectivity index (χ3v) is 6.36. The molecule has 0 aliphatic rings. The molecule has 3 N–H and O–H groups in total. The van der Waals surface area contributed by atoms with Gasteiger partial charge in [0.25, 0.3) is 5.91 Å². The van der Waals surface area contributed by atoms with Crippen LogP contribution in [0.2, 0.25) is 5.02 Å². The maximum atomic E-state index is 12.6. The number of halogens is 1. The van der Waals surface area contributed by atoms with E-state index in [0.29, 0.717) is 15.5 Å². The zero-order chi connectivity index (χ0) is 18.2. The van der Waals surface area contributed by atoms with Crippen molar-refractivity contribution in [3.05, 3.63) is 64.0 Å². The highest BCUT2D eigenvalue weighted by Crippen LogP contribution is 2.35. The van der Waals surface area contributed by atoms with Gasteiger partial charge in [0.2, 0.25) is 10.0 Å². The summed E-state index contributed by atoms with van der Waals surface area (Å²) in [5.41, 5.74) is 0.636. The van der Waals surface area contributed by atoms with Crippen molar-refractivity contribution in [1.29, 1.82) is 0 Å². The first-order valence-electron chi connectivity index (χ1n) is 7.38. The molecule has 1 atom stereocenters. The molecule has 2 aromatic carbocycles. The molecule has 0 saturated carbocycles. The Bertz CT molecular complexity index is 1060. The molecule has 1 unspecified atom stereocenters. The third kappa shape index (κ3) is 3.69. The SMILES string of the molecule is CC(NC(=O)c1sc2ccccc2c1Cl)c1cccc(S(N)(=O)=O)c1. The van der Waals surface area contributed by atoms with E-state index in [-0.39, 0.29) is 10.8 Å². The molecule has 130 valence electrons. The van der Waals surface area contributed by atoms with Crippen LogP contribution in [0.25, 0.3) is 10.1 Å². The number of hydrogen-bond acceptors (Lipinski definition) is 4. The number of fused-ring (bicyclic) bond motifs is 1. The lowest BCUT2D eigenvalue weighted by molar-refractivity contribution is 0.0944. The maximum absolute atomic E-state index is 12.6. The van der Waals surface area contributed by atoms with Crippen LogP contribution in [-0.4, -0.2) is 14.3 Å². The van der Waals surface area contributed by atoms with Crippen LogP contribution in [0.3, 0.4) is 0 Å². The highest BCUT2D eigenvalue weighted by Gasteiger charge is 2.19. The fourth-order valence-electron chi connectivity index (χ4n) is 2.47. The number of thiophene rings is 1. The number of nitrogens with two attached hydrogens (primary N) is 1. The van der Waals surface area contributed by atoms with Gasteiger partial charge in [-0.2, -0.15) is 0 Å². The van der Waals surface area contributed by atoms with Crippen molar-refractivity contribution in [2.45, 2.75) is 17.9 Å². The molecule has 3 rings (SSSR count). The molecule has 0 aliphatic carbocycles. The lowest BCUT2D eigenvalue weighted by Gasteiger charge is -2.14. The second-order valence-corrected chi connectivity index (χ2v) is 8.55. The minimum absolute atomic E-state index is 0.00555. The van der Waals surface area contributed by atoms with E-state index >= 15 is 0 Å². The first kappa shape index (κ1) is 17.9. The second kappa shape index (κ2) is 6.76. The number of sulfonamides is 1. The molecular weight excluding hydrogens is 380 g/mol. The monoisotopic (exact) mass is 394 g/mol. The Morgan fingerprint density at radius 1 is 1.20 bits per heavy atom. The van der Waals surface area contributed by atoms with Gasteiger partial charge in [-0.05, 0) is 30.7 Å². The van der Waals surface area contributed by atoms with Crippen LogP contribution in [0.4, 0.5) is 0 Å². The zero-order valence-corrected chi connectivity index (χ0v) is 15.6. The predicted molar refractivity (Wildman–Crippen MR) is 101 cm³/mol. The van der Waals surface area contributed by atoms with Crippen molar-refractivity contribution in [3.8, 4) is 0 Å². The minimum atomic E-state index is -3.80. The van der Waals surface area contributed by atoms with Crippen LogP contribution in [0.1, 0.15) is 28.2 Å². The molecule has 0 radical (unpaired) electrons. The minimum Gasteiger partial charge on any atom is -0.345 e. The summed E-state index contributed by atoms with van der Waals surface area (Å²) >= 11 is 7.64. The van der Waals surface area contributed by atoms with E-state index in [1.807, 2.05) is 24.3 Å². The van der Waals surface area contributed by atoms with E-state index < -0.39 is 16.1 Å². The molecule has 0 spiro atoms. The van der Waals surface area contributed by atoms with Gasteiger partial charge in [-0.15, -0.1) is 11.3 Å². The highest BCUT2D eigenvalue weighted by molar-refractivity contribution is 7.89. The van der Waals surface area contributed by atoms with Crippen molar-refractivity contribution >= 4 is 49.0 Å². The lowest BCUT2D eigenvalue weighted by Crippen LogP contribution is -2.26. The fraction of sp³-hybridized carbons (Fsp3) is 0.118. The first-order valence-corrected chi connectivity index (χ1v) is 10.1. The van der Waals surface area contributed by atoms with Gasteiger partial charge in [0.05, 0.1) is 16.0 Å². The quantitative estimate of drug-likeness (QED) is 0.707. The predicted octanol–water partition coefficient (Wildman–Crippen LogP) is 3.69. The Labute approximate surface area is 154 Å². The number of carbonyl (C=O) groups excluding carboxylic acids is 1. The Morgan fingerprint density at radius 2 is 1.92 bits per heavy atom. The van der Waals surface area contributed by atoms with Crippen molar-refractivity contribution in [2.75, 3.05) is 0 Å². The van der Waals surface area contributed by atoms with E-state index in [1.54, 1.807) is 19.1 Å². The Balaban J connectivity index is 1.86. The normalized spacial score (nSPS) is 12.9. The highest BCUT2D eigenvalue weighted by atomic mass is 35.5. The molecule has 0 bridgehead atoms. The van der Waals surface area contributed by atoms with Crippen molar-refractivity contribution in [1.82, 2.24) is 5.32 Å². The topological polar surface area (TPSA) is 89.3 Å². The largest absolute Gasteiger partial charge is 0.345 e. The van der Waals surface area contributed by atoms with E-state index in [4.69, 9.17) is 16.7 Å². The van der Waals surface area contributed by atoms with E-state index in [0.717, 1.165) is 10.1 Å². The number of carbonyl (C=O) groups is 1. The zero-order valence-electron chi connectivity index (χ0n) is 13.2. The van der Waals surface area contributed by atoms with Gasteiger partial charge in [-0.25, -0.2) is 13.6 Å². The first-order chi connectivity index (χ1) is 11.8. The van der Waals surface area contributed by atoms with Crippen LogP contribution >= 0.6 is 22.9 Å². The summed E-state index contributed by atoms with van der Waals surface area (Å²) in [5, 5.41) is 9.25. The number of primary sulfonamides is 1. The van der Waals surface area contributed by atoms with Gasteiger partial charge in [-0.3, -0.25) is 4.79 Å². The average Bonchev–Trinajstić information content (AvgIpc) is 2.91. The molecule has 0 aliphatic heterocycles. The third-order valence-electron chi connectivity index (χ3n) is 3.78. The second-order valence-electron chi connectivity index (χ2n) is 5.55. The van der Waals surface area contributed by atoms with Gasteiger partial charge >= 0.3 is 0 Å². The van der Waals surface area contributed by atoms with Gasteiger partial charge in [0, 0.05) is 10.1 Å². The van der Waals surface area contributed by atoms with E-state index in [1.165, 1.54) is 23.5 Å². The average molecular weight is 395 g/mol. The summed E-state index contributed by atoms with van der Waals surface area (Å²) in [7, 11) is -3.80.